The number of aliphatic hydroxyl groups is 4. The topological polar surface area (TPSA) is 423 Å². The number of carboxylic acid groups (broad SMARTS) is 1. The Morgan fingerprint density at radius 2 is 1.61 bits per heavy atom. The summed E-state index contributed by atoms with van der Waals surface area (Å²) in [5, 5.41) is 68.0. The van der Waals surface area contributed by atoms with Crippen LogP contribution in [0.25, 0.3) is 0 Å². The summed E-state index contributed by atoms with van der Waals surface area (Å²) >= 11 is 0. The molecule has 28 heteroatoms. The van der Waals surface area contributed by atoms with E-state index in [-0.39, 0.29) is 51.4 Å². The summed E-state index contributed by atoms with van der Waals surface area (Å²) in [5.74, 6) is -8.72. The summed E-state index contributed by atoms with van der Waals surface area (Å²) in [6.07, 6.45) is -14.6. The van der Waals surface area contributed by atoms with E-state index in [0.29, 0.717) is 5.56 Å². The summed E-state index contributed by atoms with van der Waals surface area (Å²) in [6, 6.07) is 3.13. The van der Waals surface area contributed by atoms with Gasteiger partial charge in [-0.3, -0.25) is 43.4 Å². The molecule has 3 saturated heterocycles. The van der Waals surface area contributed by atoms with E-state index in [0.717, 1.165) is 21.7 Å². The number of methoxy groups -OCH3 is 1. The Morgan fingerprint density at radius 3 is 2.23 bits per heavy atom. The molecule has 4 aliphatic heterocycles. The van der Waals surface area contributed by atoms with Crippen LogP contribution in [0, 0.1) is 23.7 Å². The Morgan fingerprint density at radius 1 is 0.907 bits per heavy atom. The number of nitrogens with zero attached hydrogens (tertiary/aromatic N) is 3. The summed E-state index contributed by atoms with van der Waals surface area (Å²) in [4.78, 5) is 115. The predicted molar refractivity (Wildman–Crippen MR) is 260 cm³/mol. The number of amides is 6. The van der Waals surface area contributed by atoms with E-state index in [9.17, 15) is 63.9 Å². The lowest BCUT2D eigenvalue weighted by molar-refractivity contribution is -0.236. The number of likely N-dealkylation sites (tertiary alicyclic amines) is 1. The number of carbonyl (C=O) groups is 6. The van der Waals surface area contributed by atoms with E-state index in [2.05, 4.69) is 31.6 Å². The number of aliphatic imine (C=N–C) groups is 1. The lowest BCUT2D eigenvalue weighted by atomic mass is 9.82. The number of aromatic nitrogens is 2. The van der Waals surface area contributed by atoms with Gasteiger partial charge in [-0.15, -0.1) is 0 Å². The fourth-order valence-electron chi connectivity index (χ4n) is 9.65. The molecule has 2 aromatic rings. The highest BCUT2D eigenvalue weighted by atomic mass is 16.7. The molecule has 0 bridgehead atoms. The van der Waals surface area contributed by atoms with Crippen LogP contribution in [0.15, 0.2) is 57.2 Å². The predicted octanol–water partition coefficient (Wildman–Crippen LogP) is -4.75. The van der Waals surface area contributed by atoms with Gasteiger partial charge in [-0.2, -0.15) is 0 Å². The normalized spacial score (nSPS) is 28.8. The molecule has 4 aliphatic rings. The van der Waals surface area contributed by atoms with Crippen molar-refractivity contribution in [3.63, 3.8) is 0 Å². The molecule has 6 amide bonds. The Bertz CT molecular complexity index is 2500. The molecule has 414 valence electrons. The first-order valence-electron chi connectivity index (χ1n) is 24.6. The average Bonchev–Trinajstić information content (AvgIpc) is 3.93. The molecular weight excluding hydrogens is 991 g/mol. The minimum atomic E-state index is -1.92. The van der Waals surface area contributed by atoms with Crippen LogP contribution in [0.2, 0.25) is 0 Å². The number of aromatic amines is 1. The largest absolute Gasteiger partial charge is 0.480 e. The average molecular weight is 1060 g/mol. The molecule has 0 radical (unpaired) electrons. The van der Waals surface area contributed by atoms with E-state index >= 15 is 0 Å². The zero-order valence-corrected chi connectivity index (χ0v) is 42.0. The van der Waals surface area contributed by atoms with Crippen LogP contribution in [-0.4, -0.2) is 188 Å². The number of imide groups is 1. The number of benzene rings is 1. The monoisotopic (exact) mass is 1060 g/mol. The summed E-state index contributed by atoms with van der Waals surface area (Å²) in [5.41, 5.74) is 10.6. The van der Waals surface area contributed by atoms with Gasteiger partial charge < -0.3 is 82.5 Å². The van der Waals surface area contributed by atoms with Crippen molar-refractivity contribution in [1.29, 1.82) is 0 Å². The molecule has 1 aromatic carbocycles. The first kappa shape index (κ1) is 57.9. The van der Waals surface area contributed by atoms with Crippen LogP contribution in [0.4, 0.5) is 4.79 Å². The Kier molecular flexibility index (Phi) is 19.6. The van der Waals surface area contributed by atoms with Crippen LogP contribution in [-0.2, 0) is 49.5 Å². The van der Waals surface area contributed by atoms with Crippen LogP contribution in [0.1, 0.15) is 58.7 Å². The number of rotatable bonds is 23. The Labute approximate surface area is 429 Å². The van der Waals surface area contributed by atoms with Crippen molar-refractivity contribution in [2.24, 2.45) is 40.1 Å². The molecular formula is C47H69N11O17. The molecule has 6 rings (SSSR count). The highest BCUT2D eigenvalue weighted by Crippen LogP contribution is 2.42. The number of carbonyl (C=O) groups excluding carboxylic acids is 5. The molecule has 5 heterocycles. The quantitative estimate of drug-likeness (QED) is 0.0367. The SMILES string of the molecule is CO[C@H]1[C@H](OC(C2C(=O)N(Cc3ccccc3)C(=O)C2CCCNC(=O)C(NC(=O)C(NC(=O)NC(C(=O)O)C(C)C)C2CCN=C(N)N2)C(O)C(C)C)[C@H]2O[C@@H](n3ccc(=O)[nH]c3=O)[C@H](O)[C@@H]2O)O[C@H](CN)[C@H]1O. The number of hydrogen-bond acceptors (Lipinski definition) is 20. The van der Waals surface area contributed by atoms with Gasteiger partial charge in [0.05, 0.1) is 30.5 Å². The van der Waals surface area contributed by atoms with Crippen molar-refractivity contribution < 1.29 is 73.2 Å². The smallest absolute Gasteiger partial charge is 0.330 e. The van der Waals surface area contributed by atoms with E-state index < -0.39 is 156 Å². The van der Waals surface area contributed by atoms with Gasteiger partial charge in [0.25, 0.3) is 5.56 Å². The maximum Gasteiger partial charge on any atom is 0.330 e. The van der Waals surface area contributed by atoms with Crippen molar-refractivity contribution >= 4 is 41.6 Å². The van der Waals surface area contributed by atoms with Crippen LogP contribution in [0.3, 0.4) is 0 Å². The molecule has 0 aliphatic carbocycles. The summed E-state index contributed by atoms with van der Waals surface area (Å²) in [7, 11) is 1.25. The molecule has 75 heavy (non-hydrogen) atoms. The molecule has 1 aromatic heterocycles. The van der Waals surface area contributed by atoms with Crippen molar-refractivity contribution in [3.05, 3.63) is 69.0 Å². The zero-order valence-electron chi connectivity index (χ0n) is 42.0. The first-order chi connectivity index (χ1) is 35.6. The second-order valence-corrected chi connectivity index (χ2v) is 19.6. The van der Waals surface area contributed by atoms with Crippen LogP contribution < -0.4 is 49.3 Å². The number of guanidine groups is 1. The van der Waals surface area contributed by atoms with Crippen molar-refractivity contribution in [2.75, 3.05) is 26.7 Å². The number of nitrogens with two attached hydrogens (primary N) is 2. The van der Waals surface area contributed by atoms with Gasteiger partial charge in [-0.05, 0) is 36.7 Å². The minimum absolute atomic E-state index is 0.0411. The van der Waals surface area contributed by atoms with Gasteiger partial charge in [-0.1, -0.05) is 58.0 Å². The van der Waals surface area contributed by atoms with Crippen molar-refractivity contribution in [2.45, 2.75) is 139 Å². The molecule has 3 fully saturated rings. The number of aliphatic hydroxyl groups excluding tert-OH is 4. The second kappa shape index (κ2) is 25.4. The van der Waals surface area contributed by atoms with Crippen molar-refractivity contribution in [3.8, 4) is 0 Å². The first-order valence-corrected chi connectivity index (χ1v) is 24.6. The third-order valence-corrected chi connectivity index (χ3v) is 13.8. The third kappa shape index (κ3) is 13.4. The molecule has 16 atom stereocenters. The fourth-order valence-corrected chi connectivity index (χ4v) is 9.65. The zero-order chi connectivity index (χ0) is 55.0. The molecule has 15 N–H and O–H groups in total. The third-order valence-electron chi connectivity index (χ3n) is 13.8. The van der Waals surface area contributed by atoms with Gasteiger partial charge in [-0.25, -0.2) is 14.4 Å². The minimum Gasteiger partial charge on any atom is -0.480 e. The van der Waals surface area contributed by atoms with Crippen LogP contribution >= 0.6 is 0 Å². The highest BCUT2D eigenvalue weighted by Gasteiger charge is 2.60. The summed E-state index contributed by atoms with van der Waals surface area (Å²) in [6.45, 7) is 5.85. The number of H-pyrrole nitrogens is 1. The number of aliphatic carboxylic acids is 1. The lowest BCUT2D eigenvalue weighted by Crippen LogP contribution is -2.66. The van der Waals surface area contributed by atoms with Crippen LogP contribution in [0.5, 0.6) is 0 Å². The van der Waals surface area contributed by atoms with Gasteiger partial charge in [0.1, 0.15) is 60.9 Å². The lowest BCUT2D eigenvalue weighted by Gasteiger charge is -2.34. The number of nitrogens with one attached hydrogen (secondary N) is 6. The molecule has 0 spiro atoms. The second-order valence-electron chi connectivity index (χ2n) is 19.6. The van der Waals surface area contributed by atoms with Gasteiger partial charge in [0.15, 0.2) is 18.5 Å². The summed E-state index contributed by atoms with van der Waals surface area (Å²) < 4.78 is 24.9. The fraction of sp³-hybridized carbons (Fsp3) is 0.638. The van der Waals surface area contributed by atoms with Crippen molar-refractivity contribution in [1.82, 2.24) is 41.0 Å². The maximum absolute atomic E-state index is 14.9. The Hall–Kier alpha value is -6.37. The maximum atomic E-state index is 14.9. The van der Waals surface area contributed by atoms with E-state index in [1.165, 1.54) is 7.11 Å². The number of hydrogen-bond donors (Lipinski definition) is 13. The highest BCUT2D eigenvalue weighted by molar-refractivity contribution is 6.05. The Balaban J connectivity index is 1.27. The van der Waals surface area contributed by atoms with E-state index in [4.69, 9.17) is 30.4 Å². The molecule has 28 nitrogen and oxygen atoms in total. The molecule has 8 unspecified atom stereocenters. The van der Waals surface area contributed by atoms with Gasteiger partial charge in [0, 0.05) is 39.0 Å². The number of carboxylic acids is 1. The van der Waals surface area contributed by atoms with Gasteiger partial charge in [0.2, 0.25) is 23.6 Å². The molecule has 0 saturated carbocycles. The standard InChI is InChI=1S/C47H69N11O17/c1-20(2)28(43(68)69)55-46(70)56-29(24-13-16-51-45(49)52-24)39(65)54-30(31(60)21(3)4)38(64)50-15-9-12-23-27(41(67)58(40(23)66)19-22-10-7-6-8-11-22)35(75-44-37(72-5)32(61)25(18-48)73-44)36-33(62)34(63)42(74-36)57-17-14-26(59)53-47(57)71/h6-8,10-11,14,17,20-21,23-25,27-37,42,44,60-63H,9,12-13,15-16,18-19,48H2,1-5H3,(H,50,64)(H,54,65)(H,68,69)(H3,49,51,52)(H,53,59,71)(H2,55,56,70)/t23?,24?,25-,27?,28?,29?,30?,31?,32-,33+,34-,35?,36+,37-,42-,44+/m1/s1. The van der Waals surface area contributed by atoms with Gasteiger partial charge >= 0.3 is 17.7 Å². The van der Waals surface area contributed by atoms with E-state index in [1.807, 2.05) is 4.98 Å². The number of ether oxygens (including phenoxy) is 4. The number of urea groups is 1. The van der Waals surface area contributed by atoms with E-state index in [1.54, 1.807) is 58.0 Å².